The van der Waals surface area contributed by atoms with E-state index >= 15 is 0 Å². The number of ether oxygens (including phenoxy) is 1. The van der Waals surface area contributed by atoms with Crippen molar-refractivity contribution < 1.29 is 17.9 Å². The fourth-order valence-corrected chi connectivity index (χ4v) is 5.04. The van der Waals surface area contributed by atoms with Crippen molar-refractivity contribution in [1.82, 2.24) is 5.32 Å². The monoisotopic (exact) mass is 468 g/mol. The molecule has 1 atom stereocenters. The van der Waals surface area contributed by atoms with E-state index in [0.29, 0.717) is 23.0 Å². The maximum absolute atomic E-state index is 12.6. The molecule has 0 fully saturated rings. The van der Waals surface area contributed by atoms with Crippen LogP contribution in [0.3, 0.4) is 0 Å². The molecule has 9 heteroatoms. The predicted molar refractivity (Wildman–Crippen MR) is 123 cm³/mol. The maximum Gasteiger partial charge on any atom is 0.261 e. The number of fused-ring (bicyclic) bond motifs is 1. The van der Waals surface area contributed by atoms with Crippen molar-refractivity contribution >= 4 is 45.0 Å². The number of nitrogens with zero attached hydrogens (tertiary/aromatic N) is 1. The molecule has 2 aromatic carbocycles. The highest BCUT2D eigenvalue weighted by Gasteiger charge is 2.31. The van der Waals surface area contributed by atoms with Gasteiger partial charge in [0.2, 0.25) is 10.0 Å². The minimum Gasteiger partial charge on any atom is -0.478 e. The van der Waals surface area contributed by atoms with Crippen LogP contribution in [-0.2, 0) is 20.6 Å². The van der Waals surface area contributed by atoms with Gasteiger partial charge in [0.1, 0.15) is 5.75 Å². The van der Waals surface area contributed by atoms with Crippen LogP contribution in [0.2, 0.25) is 5.02 Å². The Bertz CT molecular complexity index is 997. The second kappa shape index (κ2) is 9.94. The fraction of sp³-hybridized carbons (Fsp3) is 0.381. The molecule has 0 aromatic heterocycles. The van der Waals surface area contributed by atoms with E-state index in [0.717, 1.165) is 17.8 Å². The molecule has 0 bridgehead atoms. The number of carbonyl (C=O) groups is 1. The number of amides is 1. The zero-order valence-electron chi connectivity index (χ0n) is 16.9. The van der Waals surface area contributed by atoms with E-state index in [2.05, 4.69) is 36.5 Å². The molecule has 1 heterocycles. The molecule has 0 aliphatic carbocycles. The van der Waals surface area contributed by atoms with Gasteiger partial charge in [-0.3, -0.25) is 9.10 Å². The Labute approximate surface area is 187 Å². The molecule has 0 saturated carbocycles. The highest BCUT2D eigenvalue weighted by atomic mass is 35.5. The van der Waals surface area contributed by atoms with Gasteiger partial charge in [-0.25, -0.2) is 8.42 Å². The van der Waals surface area contributed by atoms with Gasteiger partial charge in [-0.05, 0) is 30.7 Å². The molecule has 0 unspecified atom stereocenters. The number of carbonyl (C=O) groups excluding carboxylic acids is 1. The number of anilines is 1. The number of thioether (sulfide) groups is 1. The molecule has 30 heavy (non-hydrogen) atoms. The Morgan fingerprint density at radius 3 is 2.70 bits per heavy atom. The Morgan fingerprint density at radius 1 is 1.27 bits per heavy atom. The third-order valence-corrected chi connectivity index (χ3v) is 7.13. The average Bonchev–Trinajstić information content (AvgIpc) is 2.88. The van der Waals surface area contributed by atoms with E-state index in [9.17, 15) is 13.2 Å². The van der Waals surface area contributed by atoms with Gasteiger partial charge >= 0.3 is 0 Å². The number of hydrogen-bond donors (Lipinski definition) is 1. The lowest BCUT2D eigenvalue weighted by atomic mass is 10.2. The second-order valence-corrected chi connectivity index (χ2v) is 10.6. The van der Waals surface area contributed by atoms with Crippen LogP contribution in [0, 0.1) is 6.92 Å². The zero-order chi connectivity index (χ0) is 21.7. The van der Waals surface area contributed by atoms with E-state index in [1.54, 1.807) is 30.0 Å². The van der Waals surface area contributed by atoms with Crippen LogP contribution in [-0.4, -0.2) is 45.5 Å². The largest absolute Gasteiger partial charge is 0.478 e. The van der Waals surface area contributed by atoms with Crippen LogP contribution in [0.15, 0.2) is 42.5 Å². The van der Waals surface area contributed by atoms with Gasteiger partial charge in [-0.2, -0.15) is 11.8 Å². The number of sulfonamides is 1. The molecular weight excluding hydrogens is 444 g/mol. The summed E-state index contributed by atoms with van der Waals surface area (Å²) in [5, 5.41) is 3.29. The lowest BCUT2D eigenvalue weighted by Gasteiger charge is -2.21. The van der Waals surface area contributed by atoms with Crippen LogP contribution in [0.1, 0.15) is 17.5 Å². The molecule has 3 rings (SSSR count). The number of aryl methyl sites for hydroxylation is 1. The first-order chi connectivity index (χ1) is 14.2. The van der Waals surface area contributed by atoms with E-state index < -0.39 is 16.1 Å². The molecule has 2 aromatic rings. The molecule has 0 spiro atoms. The maximum atomic E-state index is 12.6. The van der Waals surface area contributed by atoms with Crippen LogP contribution >= 0.6 is 23.4 Å². The smallest absolute Gasteiger partial charge is 0.261 e. The van der Waals surface area contributed by atoms with Gasteiger partial charge < -0.3 is 10.1 Å². The molecule has 1 aliphatic heterocycles. The first kappa shape index (κ1) is 22.8. The molecule has 6 nitrogen and oxygen atoms in total. The Kier molecular flexibility index (Phi) is 7.55. The van der Waals surface area contributed by atoms with Crippen LogP contribution in [0.5, 0.6) is 5.75 Å². The molecular formula is C21H25ClN2O4S2. The van der Waals surface area contributed by atoms with Crippen LogP contribution in [0.4, 0.5) is 5.69 Å². The van der Waals surface area contributed by atoms with Crippen molar-refractivity contribution in [1.29, 1.82) is 0 Å². The summed E-state index contributed by atoms with van der Waals surface area (Å²) in [6.45, 7) is 2.72. The van der Waals surface area contributed by atoms with Crippen molar-refractivity contribution in [2.75, 3.05) is 29.4 Å². The Hall–Kier alpha value is -1.90. The van der Waals surface area contributed by atoms with Gasteiger partial charge in [0, 0.05) is 36.0 Å². The summed E-state index contributed by atoms with van der Waals surface area (Å²) in [4.78, 5) is 12.6. The number of hydrogen-bond acceptors (Lipinski definition) is 5. The van der Waals surface area contributed by atoms with E-state index in [4.69, 9.17) is 16.3 Å². The summed E-state index contributed by atoms with van der Waals surface area (Å²) in [6, 6.07) is 13.1. The Morgan fingerprint density at radius 2 is 2.00 bits per heavy atom. The number of nitrogens with one attached hydrogen (secondary N) is 1. The summed E-state index contributed by atoms with van der Waals surface area (Å²) >= 11 is 7.78. The molecule has 0 saturated heterocycles. The SMILES string of the molecule is Cc1ccc(CSCCNC(=O)[C@@H]2CCN(S(C)(=O)=O)c3cc(Cl)ccc3O2)cc1. The van der Waals surface area contributed by atoms with Crippen molar-refractivity contribution in [2.45, 2.75) is 25.2 Å². The van der Waals surface area contributed by atoms with Gasteiger partial charge in [-0.15, -0.1) is 0 Å². The van der Waals surface area contributed by atoms with Gasteiger partial charge in [-0.1, -0.05) is 41.4 Å². The number of halogens is 1. The first-order valence-electron chi connectivity index (χ1n) is 9.59. The lowest BCUT2D eigenvalue weighted by molar-refractivity contribution is -0.127. The number of benzene rings is 2. The van der Waals surface area contributed by atoms with Crippen molar-refractivity contribution in [3.63, 3.8) is 0 Å². The van der Waals surface area contributed by atoms with Crippen molar-refractivity contribution in [3.05, 3.63) is 58.6 Å². The quantitative estimate of drug-likeness (QED) is 0.628. The van der Waals surface area contributed by atoms with Crippen LogP contribution < -0.4 is 14.4 Å². The molecule has 0 radical (unpaired) electrons. The highest BCUT2D eigenvalue weighted by Crippen LogP contribution is 2.36. The van der Waals surface area contributed by atoms with Gasteiger partial charge in [0.15, 0.2) is 6.10 Å². The Balaban J connectivity index is 1.55. The summed E-state index contributed by atoms with van der Waals surface area (Å²) in [5.74, 6) is 1.74. The number of rotatable bonds is 7. The predicted octanol–water partition coefficient (Wildman–Crippen LogP) is 3.62. The molecule has 162 valence electrons. The van der Waals surface area contributed by atoms with E-state index in [1.807, 2.05) is 0 Å². The third-order valence-electron chi connectivity index (χ3n) is 4.68. The topological polar surface area (TPSA) is 75.7 Å². The van der Waals surface area contributed by atoms with Gasteiger partial charge in [0.25, 0.3) is 5.91 Å². The highest BCUT2D eigenvalue weighted by molar-refractivity contribution is 7.98. The summed E-state index contributed by atoms with van der Waals surface area (Å²) in [7, 11) is -3.52. The molecule has 1 aliphatic rings. The summed E-state index contributed by atoms with van der Waals surface area (Å²) < 4.78 is 31.5. The molecule has 1 N–H and O–H groups in total. The van der Waals surface area contributed by atoms with E-state index in [1.165, 1.54) is 15.4 Å². The van der Waals surface area contributed by atoms with E-state index in [-0.39, 0.29) is 18.9 Å². The fourth-order valence-electron chi connectivity index (χ4n) is 3.12. The second-order valence-electron chi connectivity index (χ2n) is 7.17. The summed E-state index contributed by atoms with van der Waals surface area (Å²) in [6.07, 6.45) is 0.615. The lowest BCUT2D eigenvalue weighted by Crippen LogP contribution is -2.40. The van der Waals surface area contributed by atoms with Gasteiger partial charge in [0.05, 0.1) is 11.9 Å². The van der Waals surface area contributed by atoms with Crippen LogP contribution in [0.25, 0.3) is 0 Å². The third kappa shape index (κ3) is 6.06. The van der Waals surface area contributed by atoms with Crippen molar-refractivity contribution in [3.8, 4) is 5.75 Å². The molecule has 1 amide bonds. The first-order valence-corrected chi connectivity index (χ1v) is 13.0. The summed E-state index contributed by atoms with van der Waals surface area (Å²) in [5.41, 5.74) is 2.84. The standard InChI is InChI=1S/C21H25ClN2O4S2/c1-15-3-5-16(6-4-15)14-29-12-10-23-21(25)20-9-11-24(30(2,26)27)18-13-17(22)7-8-19(18)28-20/h3-8,13,20H,9-12,14H2,1-2H3,(H,23,25)/t20-/m0/s1. The average molecular weight is 469 g/mol. The van der Waals surface area contributed by atoms with Crippen molar-refractivity contribution in [2.24, 2.45) is 0 Å². The minimum atomic E-state index is -3.52. The zero-order valence-corrected chi connectivity index (χ0v) is 19.3. The normalized spacial score (nSPS) is 16.4. The minimum absolute atomic E-state index is 0.145.